The molecule has 0 fully saturated rings. The van der Waals surface area contributed by atoms with Gasteiger partial charge in [-0.2, -0.15) is 0 Å². The van der Waals surface area contributed by atoms with Gasteiger partial charge < -0.3 is 14.6 Å². The van der Waals surface area contributed by atoms with Gasteiger partial charge in [-0.1, -0.05) is 12.0 Å². The van der Waals surface area contributed by atoms with Crippen LogP contribution < -0.4 is 9.47 Å². The molecule has 1 N–H and O–H groups in total. The summed E-state index contributed by atoms with van der Waals surface area (Å²) in [4.78, 5) is 10.2. The zero-order chi connectivity index (χ0) is 9.97. The molecular formula is C10H6O4. The van der Waals surface area contributed by atoms with Crippen molar-refractivity contribution in [2.24, 2.45) is 0 Å². The highest BCUT2D eigenvalue weighted by molar-refractivity contribution is 5.87. The number of rotatable bonds is 0. The fraction of sp³-hybridized carbons (Fsp3) is 0.100. The minimum atomic E-state index is -1.17. The summed E-state index contributed by atoms with van der Waals surface area (Å²) in [6.45, 7) is 0.154. The second-order valence-corrected chi connectivity index (χ2v) is 2.59. The molecule has 1 aromatic carbocycles. The molecule has 0 radical (unpaired) electrons. The van der Waals surface area contributed by atoms with Gasteiger partial charge in [0.15, 0.2) is 11.5 Å². The monoisotopic (exact) mass is 190 g/mol. The second-order valence-electron chi connectivity index (χ2n) is 2.59. The number of para-hydroxylation sites is 1. The van der Waals surface area contributed by atoms with Crippen molar-refractivity contribution in [3.8, 4) is 23.3 Å². The van der Waals surface area contributed by atoms with Crippen LogP contribution in [0.15, 0.2) is 18.2 Å². The Morgan fingerprint density at radius 3 is 3.07 bits per heavy atom. The van der Waals surface area contributed by atoms with Crippen molar-refractivity contribution in [3.63, 3.8) is 0 Å². The molecule has 0 saturated carbocycles. The molecule has 0 spiro atoms. The van der Waals surface area contributed by atoms with Gasteiger partial charge in [0.1, 0.15) is 0 Å². The zero-order valence-corrected chi connectivity index (χ0v) is 7.11. The molecular weight excluding hydrogens is 184 g/mol. The maximum Gasteiger partial charge on any atom is 0.382 e. The molecule has 0 aromatic heterocycles. The predicted molar refractivity (Wildman–Crippen MR) is 47.1 cm³/mol. The van der Waals surface area contributed by atoms with Crippen molar-refractivity contribution in [1.82, 2.24) is 0 Å². The Balaban J connectivity index is 2.41. The van der Waals surface area contributed by atoms with Gasteiger partial charge >= 0.3 is 5.97 Å². The van der Waals surface area contributed by atoms with Crippen LogP contribution in [0.2, 0.25) is 0 Å². The van der Waals surface area contributed by atoms with E-state index in [1.807, 2.05) is 5.92 Å². The summed E-state index contributed by atoms with van der Waals surface area (Å²) in [6.07, 6.45) is 0. The lowest BCUT2D eigenvalue weighted by molar-refractivity contribution is -0.130. The average molecular weight is 190 g/mol. The molecule has 2 rings (SSSR count). The summed E-state index contributed by atoms with van der Waals surface area (Å²) in [7, 11) is 0. The summed E-state index contributed by atoms with van der Waals surface area (Å²) in [6, 6.07) is 5.16. The molecule has 0 bridgehead atoms. The molecule has 0 amide bonds. The molecule has 4 nitrogen and oxygen atoms in total. The third kappa shape index (κ3) is 1.48. The number of hydrogen-bond donors (Lipinski definition) is 1. The van der Waals surface area contributed by atoms with Crippen LogP contribution in [0.4, 0.5) is 0 Å². The van der Waals surface area contributed by atoms with Crippen molar-refractivity contribution in [1.29, 1.82) is 0 Å². The molecule has 0 saturated heterocycles. The molecule has 14 heavy (non-hydrogen) atoms. The summed E-state index contributed by atoms with van der Waals surface area (Å²) in [5.74, 6) is 4.46. The molecule has 1 aliphatic heterocycles. The van der Waals surface area contributed by atoms with Gasteiger partial charge in [0.25, 0.3) is 0 Å². The number of carbonyl (C=O) groups is 1. The fourth-order valence-corrected chi connectivity index (χ4v) is 1.15. The lowest BCUT2D eigenvalue weighted by Crippen LogP contribution is -1.93. The van der Waals surface area contributed by atoms with Crippen LogP contribution in [-0.2, 0) is 4.79 Å². The molecule has 0 unspecified atom stereocenters. The van der Waals surface area contributed by atoms with Crippen LogP contribution in [0, 0.1) is 11.8 Å². The number of carboxylic acid groups (broad SMARTS) is 1. The zero-order valence-electron chi connectivity index (χ0n) is 7.11. The Morgan fingerprint density at radius 2 is 2.29 bits per heavy atom. The Kier molecular flexibility index (Phi) is 1.99. The summed E-state index contributed by atoms with van der Waals surface area (Å²) in [5, 5.41) is 8.38. The molecule has 1 aromatic rings. The van der Waals surface area contributed by atoms with Gasteiger partial charge in [0, 0.05) is 5.92 Å². The lowest BCUT2D eigenvalue weighted by Gasteiger charge is -1.96. The molecule has 1 aliphatic rings. The first-order valence-electron chi connectivity index (χ1n) is 3.91. The van der Waals surface area contributed by atoms with Crippen LogP contribution in [0.5, 0.6) is 11.5 Å². The number of fused-ring (bicyclic) bond motifs is 1. The van der Waals surface area contributed by atoms with E-state index in [9.17, 15) is 4.79 Å². The molecule has 0 atom stereocenters. The Bertz CT molecular complexity index is 439. The molecule has 4 heteroatoms. The largest absolute Gasteiger partial charge is 0.472 e. The maximum atomic E-state index is 10.2. The van der Waals surface area contributed by atoms with Crippen LogP contribution >= 0.6 is 0 Å². The highest BCUT2D eigenvalue weighted by Gasteiger charge is 2.15. The highest BCUT2D eigenvalue weighted by atomic mass is 16.7. The number of aliphatic carboxylic acids is 1. The lowest BCUT2D eigenvalue weighted by atomic mass is 10.2. The van der Waals surface area contributed by atoms with Gasteiger partial charge in [0.2, 0.25) is 6.79 Å². The second kappa shape index (κ2) is 3.30. The Labute approximate surface area is 80.1 Å². The molecule has 1 heterocycles. The number of hydrogen-bond acceptors (Lipinski definition) is 3. The maximum absolute atomic E-state index is 10.2. The first kappa shape index (κ1) is 8.45. The van der Waals surface area contributed by atoms with E-state index in [0.717, 1.165) is 0 Å². The Hall–Kier alpha value is -2.15. The van der Waals surface area contributed by atoms with Crippen molar-refractivity contribution < 1.29 is 19.4 Å². The van der Waals surface area contributed by atoms with Gasteiger partial charge in [-0.05, 0) is 12.1 Å². The van der Waals surface area contributed by atoms with Crippen molar-refractivity contribution in [2.45, 2.75) is 0 Å². The summed E-state index contributed by atoms with van der Waals surface area (Å²) in [5.41, 5.74) is 0.530. The molecule has 70 valence electrons. The molecule has 0 aliphatic carbocycles. The number of carboxylic acids is 1. The minimum absolute atomic E-state index is 0.154. The van der Waals surface area contributed by atoms with Gasteiger partial charge in [-0.3, -0.25) is 0 Å². The average Bonchev–Trinajstić information content (AvgIpc) is 2.62. The first-order chi connectivity index (χ1) is 6.77. The van der Waals surface area contributed by atoms with Crippen LogP contribution in [0.3, 0.4) is 0 Å². The van der Waals surface area contributed by atoms with E-state index in [-0.39, 0.29) is 6.79 Å². The van der Waals surface area contributed by atoms with Gasteiger partial charge in [-0.15, -0.1) is 0 Å². The standard InChI is InChI=1S/C10H6O4/c11-9(12)5-4-7-2-1-3-8-10(7)14-6-13-8/h1-3H,6H2,(H,11,12). The van der Waals surface area contributed by atoms with E-state index in [4.69, 9.17) is 14.6 Å². The van der Waals surface area contributed by atoms with Crippen LogP contribution in [0.25, 0.3) is 0 Å². The van der Waals surface area contributed by atoms with Crippen LogP contribution in [0.1, 0.15) is 5.56 Å². The van der Waals surface area contributed by atoms with Crippen molar-refractivity contribution >= 4 is 5.97 Å². The van der Waals surface area contributed by atoms with Gasteiger partial charge in [0.05, 0.1) is 5.56 Å². The van der Waals surface area contributed by atoms with E-state index in [1.54, 1.807) is 18.2 Å². The number of benzene rings is 1. The third-order valence-electron chi connectivity index (χ3n) is 1.70. The van der Waals surface area contributed by atoms with E-state index < -0.39 is 5.97 Å². The Morgan fingerprint density at radius 1 is 1.43 bits per heavy atom. The SMILES string of the molecule is O=C(O)C#Cc1cccc2c1OCO2. The predicted octanol–water partition coefficient (Wildman–Crippen LogP) is 0.851. The van der Waals surface area contributed by atoms with Gasteiger partial charge in [-0.25, -0.2) is 4.79 Å². The quantitative estimate of drug-likeness (QED) is 0.616. The highest BCUT2D eigenvalue weighted by Crippen LogP contribution is 2.34. The number of ether oxygens (including phenoxy) is 2. The van der Waals surface area contributed by atoms with E-state index in [2.05, 4.69) is 5.92 Å². The smallest absolute Gasteiger partial charge is 0.382 e. The van der Waals surface area contributed by atoms with E-state index in [0.29, 0.717) is 17.1 Å². The van der Waals surface area contributed by atoms with Crippen LogP contribution in [-0.4, -0.2) is 17.9 Å². The fourth-order valence-electron chi connectivity index (χ4n) is 1.15. The third-order valence-corrected chi connectivity index (χ3v) is 1.70. The minimum Gasteiger partial charge on any atom is -0.472 e. The van der Waals surface area contributed by atoms with E-state index >= 15 is 0 Å². The van der Waals surface area contributed by atoms with E-state index in [1.165, 1.54) is 0 Å². The van der Waals surface area contributed by atoms with Crippen molar-refractivity contribution in [3.05, 3.63) is 23.8 Å². The van der Waals surface area contributed by atoms with Crippen molar-refractivity contribution in [2.75, 3.05) is 6.79 Å². The normalized spacial score (nSPS) is 11.7. The topological polar surface area (TPSA) is 55.8 Å². The first-order valence-corrected chi connectivity index (χ1v) is 3.91. The summed E-state index contributed by atoms with van der Waals surface area (Å²) >= 11 is 0. The summed E-state index contributed by atoms with van der Waals surface area (Å²) < 4.78 is 10.3.